The Morgan fingerprint density at radius 2 is 2.05 bits per heavy atom. The highest BCUT2D eigenvalue weighted by atomic mass is 15.3. The van der Waals surface area contributed by atoms with Crippen molar-refractivity contribution in [3.8, 4) is 0 Å². The fourth-order valence-corrected chi connectivity index (χ4v) is 3.29. The lowest BCUT2D eigenvalue weighted by molar-refractivity contribution is 0.179. The van der Waals surface area contributed by atoms with Gasteiger partial charge in [0.2, 0.25) is 0 Å². The third-order valence-corrected chi connectivity index (χ3v) is 4.46. The van der Waals surface area contributed by atoms with Crippen LogP contribution in [0.5, 0.6) is 0 Å². The number of aromatic nitrogens is 2. The number of fused-ring (bicyclic) bond motifs is 1. The Balaban J connectivity index is 1.69. The molecule has 0 spiro atoms. The van der Waals surface area contributed by atoms with Crippen LogP contribution >= 0.6 is 0 Å². The number of piperazine rings is 1. The van der Waals surface area contributed by atoms with Crippen molar-refractivity contribution in [1.29, 1.82) is 0 Å². The Kier molecular flexibility index (Phi) is 4.41. The van der Waals surface area contributed by atoms with E-state index in [1.165, 1.54) is 18.7 Å². The quantitative estimate of drug-likeness (QED) is 0.907. The van der Waals surface area contributed by atoms with E-state index >= 15 is 0 Å². The Morgan fingerprint density at radius 1 is 1.24 bits per heavy atom. The van der Waals surface area contributed by atoms with E-state index in [-0.39, 0.29) is 0 Å². The average molecular weight is 287 g/mol. The highest BCUT2D eigenvalue weighted by molar-refractivity contribution is 5.51. The molecule has 114 valence electrons. The number of imidazole rings is 1. The number of anilines is 1. The smallest absolute Gasteiger partial charge is 0.138 e. The van der Waals surface area contributed by atoms with Gasteiger partial charge in [0.05, 0.1) is 0 Å². The molecule has 2 aromatic heterocycles. The molecule has 5 heteroatoms. The van der Waals surface area contributed by atoms with Gasteiger partial charge in [-0.3, -0.25) is 9.30 Å². The summed E-state index contributed by atoms with van der Waals surface area (Å²) in [6.45, 7) is 7.29. The van der Waals surface area contributed by atoms with Gasteiger partial charge in [0.25, 0.3) is 0 Å². The van der Waals surface area contributed by atoms with E-state index in [1.54, 1.807) is 0 Å². The van der Waals surface area contributed by atoms with Crippen LogP contribution in [0, 0.1) is 0 Å². The second-order valence-electron chi connectivity index (χ2n) is 5.74. The molecule has 1 fully saturated rings. The van der Waals surface area contributed by atoms with Gasteiger partial charge >= 0.3 is 0 Å². The van der Waals surface area contributed by atoms with Crippen molar-refractivity contribution in [2.75, 3.05) is 37.6 Å². The zero-order chi connectivity index (χ0) is 14.7. The van der Waals surface area contributed by atoms with Crippen molar-refractivity contribution in [3.63, 3.8) is 0 Å². The third-order valence-electron chi connectivity index (χ3n) is 4.46. The summed E-state index contributed by atoms with van der Waals surface area (Å²) >= 11 is 0. The fraction of sp³-hybridized carbons (Fsp3) is 0.562. The van der Waals surface area contributed by atoms with Crippen LogP contribution < -0.4 is 10.6 Å². The minimum atomic E-state index is 0.543. The molecule has 0 aliphatic carbocycles. The van der Waals surface area contributed by atoms with Crippen LogP contribution in [-0.4, -0.2) is 53.1 Å². The third kappa shape index (κ3) is 2.89. The van der Waals surface area contributed by atoms with E-state index < -0.39 is 0 Å². The van der Waals surface area contributed by atoms with Crippen LogP contribution in [0.25, 0.3) is 5.65 Å². The second-order valence-corrected chi connectivity index (χ2v) is 5.74. The lowest BCUT2D eigenvalue weighted by atomic mass is 10.1. The Bertz CT molecular complexity index is 571. The molecule has 2 aromatic rings. The van der Waals surface area contributed by atoms with Crippen LogP contribution in [0.4, 0.5) is 5.82 Å². The minimum Gasteiger partial charge on any atom is -0.355 e. The molecule has 21 heavy (non-hydrogen) atoms. The van der Waals surface area contributed by atoms with E-state index in [2.05, 4.69) is 38.2 Å². The van der Waals surface area contributed by atoms with Crippen LogP contribution in [0.15, 0.2) is 30.6 Å². The van der Waals surface area contributed by atoms with E-state index in [0.29, 0.717) is 6.04 Å². The maximum atomic E-state index is 5.93. The van der Waals surface area contributed by atoms with Gasteiger partial charge in [-0.2, -0.15) is 0 Å². The van der Waals surface area contributed by atoms with Gasteiger partial charge in [0, 0.05) is 51.2 Å². The lowest BCUT2D eigenvalue weighted by Crippen LogP contribution is -2.52. The minimum absolute atomic E-state index is 0.543. The normalized spacial score (nSPS) is 18.3. The van der Waals surface area contributed by atoms with Crippen LogP contribution in [0.3, 0.4) is 0 Å². The van der Waals surface area contributed by atoms with E-state index in [9.17, 15) is 0 Å². The molecule has 1 aliphatic heterocycles. The number of pyridine rings is 1. The monoisotopic (exact) mass is 287 g/mol. The van der Waals surface area contributed by atoms with Crippen molar-refractivity contribution in [3.05, 3.63) is 30.6 Å². The molecule has 0 radical (unpaired) electrons. The standard InChI is InChI=1S/C16H25N5/c1-2-4-14(13-17)19-9-11-20(12-10-19)16-6-3-5-15-18-7-8-21(15)16/h3,5-8,14H,2,4,9-13,17H2,1H3. The number of hydrogen-bond acceptors (Lipinski definition) is 4. The lowest BCUT2D eigenvalue weighted by Gasteiger charge is -2.40. The van der Waals surface area contributed by atoms with Gasteiger partial charge < -0.3 is 10.6 Å². The Labute approximate surface area is 126 Å². The first kappa shape index (κ1) is 14.4. The van der Waals surface area contributed by atoms with Crippen LogP contribution in [0.2, 0.25) is 0 Å². The molecule has 0 saturated carbocycles. The summed E-state index contributed by atoms with van der Waals surface area (Å²) in [5, 5.41) is 0. The van der Waals surface area contributed by atoms with Crippen LogP contribution in [0.1, 0.15) is 19.8 Å². The molecule has 5 nitrogen and oxygen atoms in total. The molecule has 0 aromatic carbocycles. The van der Waals surface area contributed by atoms with Gasteiger partial charge in [-0.15, -0.1) is 0 Å². The van der Waals surface area contributed by atoms with Crippen molar-refractivity contribution in [1.82, 2.24) is 14.3 Å². The van der Waals surface area contributed by atoms with Crippen LogP contribution in [-0.2, 0) is 0 Å². The van der Waals surface area contributed by atoms with Crippen molar-refractivity contribution in [2.45, 2.75) is 25.8 Å². The maximum Gasteiger partial charge on any atom is 0.138 e. The zero-order valence-corrected chi connectivity index (χ0v) is 12.8. The summed E-state index contributed by atoms with van der Waals surface area (Å²) in [4.78, 5) is 9.36. The fourth-order valence-electron chi connectivity index (χ4n) is 3.29. The summed E-state index contributed by atoms with van der Waals surface area (Å²) in [5.41, 5.74) is 6.94. The zero-order valence-electron chi connectivity index (χ0n) is 12.8. The van der Waals surface area contributed by atoms with Gasteiger partial charge in [-0.1, -0.05) is 19.4 Å². The molecule has 1 saturated heterocycles. The maximum absolute atomic E-state index is 5.93. The SMILES string of the molecule is CCCC(CN)N1CCN(c2cccc3nccn23)CC1. The van der Waals surface area contributed by atoms with Crippen molar-refractivity contribution < 1.29 is 0 Å². The van der Waals surface area contributed by atoms with Crippen molar-refractivity contribution in [2.24, 2.45) is 5.73 Å². The molecule has 0 bridgehead atoms. The van der Waals surface area contributed by atoms with E-state index in [1.807, 2.05) is 18.5 Å². The first-order valence-electron chi connectivity index (χ1n) is 7.94. The highest BCUT2D eigenvalue weighted by Crippen LogP contribution is 2.19. The summed E-state index contributed by atoms with van der Waals surface area (Å²) in [6.07, 6.45) is 6.31. The predicted molar refractivity (Wildman–Crippen MR) is 86.7 cm³/mol. The van der Waals surface area contributed by atoms with Gasteiger partial charge in [-0.05, 0) is 18.6 Å². The van der Waals surface area contributed by atoms with Crippen molar-refractivity contribution >= 4 is 11.5 Å². The highest BCUT2D eigenvalue weighted by Gasteiger charge is 2.23. The molecule has 1 unspecified atom stereocenters. The average Bonchev–Trinajstić information content (AvgIpc) is 3.01. The number of nitrogens with two attached hydrogens (primary N) is 1. The van der Waals surface area contributed by atoms with Gasteiger partial charge in [-0.25, -0.2) is 4.98 Å². The Morgan fingerprint density at radius 3 is 2.76 bits per heavy atom. The number of rotatable bonds is 5. The molecular weight excluding hydrogens is 262 g/mol. The molecule has 3 rings (SSSR count). The van der Waals surface area contributed by atoms with Gasteiger partial charge in [0.15, 0.2) is 0 Å². The molecule has 2 N–H and O–H groups in total. The first-order valence-corrected chi connectivity index (χ1v) is 7.94. The summed E-state index contributed by atoms with van der Waals surface area (Å²) < 4.78 is 2.17. The topological polar surface area (TPSA) is 49.8 Å². The Hall–Kier alpha value is -1.59. The van der Waals surface area contributed by atoms with E-state index in [4.69, 9.17) is 5.73 Å². The largest absolute Gasteiger partial charge is 0.355 e. The molecule has 0 amide bonds. The number of nitrogens with zero attached hydrogens (tertiary/aromatic N) is 4. The molecular formula is C16H25N5. The predicted octanol–water partition coefficient (Wildman–Crippen LogP) is 1.58. The van der Waals surface area contributed by atoms with Gasteiger partial charge in [0.1, 0.15) is 11.5 Å². The summed E-state index contributed by atoms with van der Waals surface area (Å²) in [7, 11) is 0. The summed E-state index contributed by atoms with van der Waals surface area (Å²) in [5.74, 6) is 1.24. The summed E-state index contributed by atoms with van der Waals surface area (Å²) in [6, 6.07) is 6.85. The molecule has 1 aliphatic rings. The molecule has 3 heterocycles. The first-order chi connectivity index (χ1) is 10.3. The van der Waals surface area contributed by atoms with E-state index in [0.717, 1.165) is 38.4 Å². The number of hydrogen-bond donors (Lipinski definition) is 1. The second kappa shape index (κ2) is 6.45. The molecule has 1 atom stereocenters.